The van der Waals surface area contributed by atoms with Gasteiger partial charge in [0.05, 0.1) is 23.5 Å². The second-order valence-corrected chi connectivity index (χ2v) is 5.97. The van der Waals surface area contributed by atoms with E-state index in [1.165, 1.54) is 22.7 Å². The van der Waals surface area contributed by atoms with E-state index in [9.17, 15) is 18.0 Å². The number of nitrogens with zero attached hydrogens (tertiary/aromatic N) is 1. The Bertz CT molecular complexity index is 596. The number of nitrogens with one attached hydrogen (secondary N) is 1. The summed E-state index contributed by atoms with van der Waals surface area (Å²) in [4.78, 5) is 16.7. The van der Waals surface area contributed by atoms with Gasteiger partial charge >= 0.3 is 6.18 Å². The van der Waals surface area contributed by atoms with E-state index >= 15 is 0 Å². The number of alkyl halides is 3. The predicted octanol–water partition coefficient (Wildman–Crippen LogP) is 2.45. The summed E-state index contributed by atoms with van der Waals surface area (Å²) in [5.41, 5.74) is 0.488. The summed E-state index contributed by atoms with van der Waals surface area (Å²) in [5, 5.41) is 15.2. The largest absolute Gasteiger partial charge is 0.416 e. The molecular formula is C12H11F3N2O2S2. The fourth-order valence-electron chi connectivity index (χ4n) is 1.45. The highest BCUT2D eigenvalue weighted by Gasteiger charge is 2.38. The Morgan fingerprint density at radius 3 is 2.81 bits per heavy atom. The van der Waals surface area contributed by atoms with Crippen LogP contribution in [0.4, 0.5) is 13.2 Å². The second-order valence-electron chi connectivity index (χ2n) is 4.16. The Balaban J connectivity index is 1.86. The topological polar surface area (TPSA) is 62.2 Å². The predicted molar refractivity (Wildman–Crippen MR) is 74.2 cm³/mol. The Morgan fingerprint density at radius 1 is 1.43 bits per heavy atom. The highest BCUT2D eigenvalue weighted by molar-refractivity contribution is 7.20. The van der Waals surface area contributed by atoms with E-state index in [1.807, 2.05) is 22.8 Å². The highest BCUT2D eigenvalue weighted by atomic mass is 32.1. The number of carbonyl (C=O) groups is 1. The molecule has 1 unspecified atom stereocenters. The third-order valence-corrected chi connectivity index (χ3v) is 4.43. The first kappa shape index (κ1) is 15.9. The first-order valence-corrected chi connectivity index (χ1v) is 7.62. The molecule has 1 atom stereocenters. The molecular weight excluding hydrogens is 325 g/mol. The van der Waals surface area contributed by atoms with Crippen molar-refractivity contribution < 1.29 is 23.1 Å². The van der Waals surface area contributed by atoms with Gasteiger partial charge < -0.3 is 10.4 Å². The highest BCUT2D eigenvalue weighted by Crippen LogP contribution is 2.27. The van der Waals surface area contributed by atoms with Gasteiger partial charge in [0.2, 0.25) is 5.91 Å². The first-order chi connectivity index (χ1) is 9.86. The summed E-state index contributed by atoms with van der Waals surface area (Å²) in [6, 6.07) is 3.78. The quantitative estimate of drug-likeness (QED) is 0.882. The summed E-state index contributed by atoms with van der Waals surface area (Å²) in [6.07, 6.45) is -7.41. The molecule has 0 aliphatic rings. The van der Waals surface area contributed by atoms with Crippen molar-refractivity contribution in [2.75, 3.05) is 6.54 Å². The molecule has 0 bridgehead atoms. The van der Waals surface area contributed by atoms with E-state index in [0.29, 0.717) is 5.69 Å². The van der Waals surface area contributed by atoms with Crippen LogP contribution < -0.4 is 5.32 Å². The van der Waals surface area contributed by atoms with Crippen molar-refractivity contribution in [1.29, 1.82) is 0 Å². The molecule has 2 heterocycles. The SMILES string of the molecule is O=C(Cc1csc(-c2cccs2)n1)NCC(O)C(F)(F)F. The van der Waals surface area contributed by atoms with Crippen LogP contribution in [0.25, 0.3) is 9.88 Å². The Kier molecular flexibility index (Phi) is 4.96. The molecule has 2 aromatic heterocycles. The lowest BCUT2D eigenvalue weighted by atomic mass is 10.3. The van der Waals surface area contributed by atoms with Crippen molar-refractivity contribution in [1.82, 2.24) is 10.3 Å². The maximum Gasteiger partial charge on any atom is 0.416 e. The number of halogens is 3. The van der Waals surface area contributed by atoms with Crippen LogP contribution in [0, 0.1) is 0 Å². The van der Waals surface area contributed by atoms with Gasteiger partial charge in [0.1, 0.15) is 5.01 Å². The molecule has 0 spiro atoms. The average Bonchev–Trinajstić information content (AvgIpc) is 3.04. The van der Waals surface area contributed by atoms with Crippen LogP contribution in [-0.2, 0) is 11.2 Å². The molecule has 21 heavy (non-hydrogen) atoms. The normalized spacial score (nSPS) is 13.1. The molecule has 4 nitrogen and oxygen atoms in total. The van der Waals surface area contributed by atoms with Crippen LogP contribution >= 0.6 is 22.7 Å². The van der Waals surface area contributed by atoms with E-state index in [-0.39, 0.29) is 6.42 Å². The lowest BCUT2D eigenvalue weighted by Gasteiger charge is -2.14. The summed E-state index contributed by atoms with van der Waals surface area (Å²) in [7, 11) is 0. The maximum absolute atomic E-state index is 12.1. The zero-order valence-electron chi connectivity index (χ0n) is 10.6. The molecule has 0 fully saturated rings. The zero-order chi connectivity index (χ0) is 15.5. The minimum Gasteiger partial charge on any atom is -0.382 e. The van der Waals surface area contributed by atoms with Crippen molar-refractivity contribution in [3.63, 3.8) is 0 Å². The van der Waals surface area contributed by atoms with Gasteiger partial charge in [-0.15, -0.1) is 22.7 Å². The van der Waals surface area contributed by atoms with E-state index in [2.05, 4.69) is 4.98 Å². The molecule has 0 saturated carbocycles. The third-order valence-electron chi connectivity index (χ3n) is 2.50. The maximum atomic E-state index is 12.1. The van der Waals surface area contributed by atoms with Gasteiger partial charge in [0.15, 0.2) is 6.10 Å². The zero-order valence-corrected chi connectivity index (χ0v) is 12.2. The third kappa shape index (κ3) is 4.51. The number of amides is 1. The van der Waals surface area contributed by atoms with Gasteiger partial charge in [-0.05, 0) is 11.4 Å². The molecule has 2 aromatic rings. The Morgan fingerprint density at radius 2 is 2.19 bits per heavy atom. The van der Waals surface area contributed by atoms with Crippen LogP contribution in [0.15, 0.2) is 22.9 Å². The standard InChI is InChI=1S/C12H11F3N2O2S2/c13-12(14,15)9(18)5-16-10(19)4-7-6-21-11(17-7)8-2-1-3-20-8/h1-3,6,9,18H,4-5H2,(H,16,19). The average molecular weight is 336 g/mol. The number of aromatic nitrogens is 1. The summed E-state index contributed by atoms with van der Waals surface area (Å²) in [6.45, 7) is -0.857. The van der Waals surface area contributed by atoms with E-state index < -0.39 is 24.7 Å². The van der Waals surface area contributed by atoms with Gasteiger partial charge in [-0.3, -0.25) is 4.79 Å². The van der Waals surface area contributed by atoms with Crippen LogP contribution in [0.1, 0.15) is 5.69 Å². The molecule has 0 aliphatic heterocycles. The minimum atomic E-state index is -4.74. The van der Waals surface area contributed by atoms with Crippen LogP contribution in [0.3, 0.4) is 0 Å². The molecule has 0 saturated heterocycles. The van der Waals surface area contributed by atoms with Crippen molar-refractivity contribution >= 4 is 28.6 Å². The summed E-state index contributed by atoms with van der Waals surface area (Å²) >= 11 is 2.88. The fraction of sp³-hybridized carbons (Fsp3) is 0.333. The van der Waals surface area contributed by atoms with E-state index in [1.54, 1.807) is 5.38 Å². The molecule has 2 N–H and O–H groups in total. The number of hydrogen-bond donors (Lipinski definition) is 2. The summed E-state index contributed by atoms with van der Waals surface area (Å²) in [5.74, 6) is -0.610. The van der Waals surface area contributed by atoms with Crippen LogP contribution in [0.2, 0.25) is 0 Å². The fourth-order valence-corrected chi connectivity index (χ4v) is 3.09. The Hall–Kier alpha value is -1.45. The first-order valence-electron chi connectivity index (χ1n) is 5.86. The molecule has 1 amide bonds. The van der Waals surface area contributed by atoms with Crippen molar-refractivity contribution in [3.8, 4) is 9.88 Å². The lowest BCUT2D eigenvalue weighted by Crippen LogP contribution is -2.41. The van der Waals surface area contributed by atoms with Crippen LogP contribution in [-0.4, -0.2) is 34.8 Å². The molecule has 9 heteroatoms. The number of thiophene rings is 1. The molecule has 0 aliphatic carbocycles. The number of aliphatic hydroxyl groups is 1. The monoisotopic (exact) mass is 336 g/mol. The van der Waals surface area contributed by atoms with Gasteiger partial charge in [0.25, 0.3) is 0 Å². The van der Waals surface area contributed by atoms with Gasteiger partial charge in [0, 0.05) is 5.38 Å². The smallest absolute Gasteiger partial charge is 0.382 e. The number of aliphatic hydroxyl groups excluding tert-OH is 1. The van der Waals surface area contributed by atoms with Crippen molar-refractivity contribution in [2.24, 2.45) is 0 Å². The van der Waals surface area contributed by atoms with Gasteiger partial charge in [-0.1, -0.05) is 6.07 Å². The van der Waals surface area contributed by atoms with Gasteiger partial charge in [-0.25, -0.2) is 4.98 Å². The Labute approximate surface area is 126 Å². The van der Waals surface area contributed by atoms with Crippen molar-refractivity contribution in [2.45, 2.75) is 18.7 Å². The number of hydrogen-bond acceptors (Lipinski definition) is 5. The molecule has 114 valence electrons. The van der Waals surface area contributed by atoms with E-state index in [0.717, 1.165) is 9.88 Å². The number of rotatable bonds is 5. The number of carbonyl (C=O) groups excluding carboxylic acids is 1. The second kappa shape index (κ2) is 6.54. The summed E-state index contributed by atoms with van der Waals surface area (Å²) < 4.78 is 36.2. The lowest BCUT2D eigenvalue weighted by molar-refractivity contribution is -0.201. The van der Waals surface area contributed by atoms with E-state index in [4.69, 9.17) is 5.11 Å². The molecule has 0 radical (unpaired) electrons. The minimum absolute atomic E-state index is 0.119. The molecule has 0 aromatic carbocycles. The van der Waals surface area contributed by atoms with Crippen LogP contribution in [0.5, 0.6) is 0 Å². The molecule has 2 rings (SSSR count). The van der Waals surface area contributed by atoms with Crippen molar-refractivity contribution in [3.05, 3.63) is 28.6 Å². The van der Waals surface area contributed by atoms with Gasteiger partial charge in [-0.2, -0.15) is 13.2 Å². The number of thiazole rings is 1.